The molecule has 226 valence electrons. The van der Waals surface area contributed by atoms with E-state index in [2.05, 4.69) is 125 Å². The van der Waals surface area contributed by atoms with E-state index in [1.807, 2.05) is 0 Å². The lowest BCUT2D eigenvalue weighted by Gasteiger charge is -2.31. The molecule has 2 aromatic rings. The molecule has 0 aliphatic heterocycles. The summed E-state index contributed by atoms with van der Waals surface area (Å²) in [6.45, 7) is 18.8. The Morgan fingerprint density at radius 2 is 0.881 bits per heavy atom. The van der Waals surface area contributed by atoms with Crippen LogP contribution in [-0.2, 0) is 0 Å². The summed E-state index contributed by atoms with van der Waals surface area (Å²) in [7, 11) is -0.889. The molecule has 2 nitrogen and oxygen atoms in total. The van der Waals surface area contributed by atoms with E-state index in [4.69, 9.17) is 9.47 Å². The van der Waals surface area contributed by atoms with Crippen molar-refractivity contribution in [2.75, 3.05) is 14.2 Å². The smallest absolute Gasteiger partial charge is 0.163 e. The number of allylic oxidation sites excluding steroid dienone is 2. The molecule has 0 aliphatic carbocycles. The zero-order chi connectivity index (χ0) is 31.2. The van der Waals surface area contributed by atoms with Crippen molar-refractivity contribution in [3.8, 4) is 34.4 Å². The number of rotatable bonds is 13. The van der Waals surface area contributed by atoms with Gasteiger partial charge >= 0.3 is 0 Å². The number of benzene rings is 2. The predicted molar refractivity (Wildman–Crippen MR) is 190 cm³/mol. The molecule has 0 saturated heterocycles. The van der Waals surface area contributed by atoms with Crippen LogP contribution in [0.25, 0.3) is 10.4 Å². The van der Waals surface area contributed by atoms with Gasteiger partial charge in [0, 0.05) is 12.8 Å². The second-order valence-electron chi connectivity index (χ2n) is 12.0. The van der Waals surface area contributed by atoms with Crippen molar-refractivity contribution in [1.29, 1.82) is 0 Å². The number of hydrogen-bond acceptors (Lipinski definition) is 2. The third-order valence-electron chi connectivity index (χ3n) is 7.53. The van der Waals surface area contributed by atoms with Crippen LogP contribution in [0.3, 0.4) is 0 Å². The maximum Gasteiger partial charge on any atom is 0.163 e. The molecule has 0 N–H and O–H groups in total. The van der Waals surface area contributed by atoms with Crippen molar-refractivity contribution in [3.05, 3.63) is 70.8 Å². The van der Waals surface area contributed by atoms with Crippen molar-refractivity contribution in [2.45, 2.75) is 105 Å². The van der Waals surface area contributed by atoms with Crippen LogP contribution in [0.5, 0.6) is 11.5 Å². The normalized spacial score (nSPS) is 12.7. The molecule has 0 amide bonds. The highest BCUT2D eigenvalue weighted by Crippen LogP contribution is 2.42. The predicted octanol–water partition coefficient (Wildman–Crippen LogP) is 10.7. The minimum absolute atomic E-state index is 0.884. The van der Waals surface area contributed by atoms with Gasteiger partial charge in [0.2, 0.25) is 0 Å². The van der Waals surface area contributed by atoms with E-state index < -0.39 is 16.1 Å². The summed E-state index contributed by atoms with van der Waals surface area (Å²) in [5.41, 5.74) is 13.2. The van der Waals surface area contributed by atoms with E-state index in [1.54, 1.807) is 14.2 Å². The average molecular weight is 599 g/mol. The van der Waals surface area contributed by atoms with E-state index in [0.29, 0.717) is 0 Å². The molecule has 42 heavy (non-hydrogen) atoms. The topological polar surface area (TPSA) is 18.5 Å². The summed E-state index contributed by atoms with van der Waals surface area (Å²) >= 11 is 0. The Hall–Kier alpha value is -2.93. The molecule has 0 bridgehead atoms. The van der Waals surface area contributed by atoms with Crippen LogP contribution < -0.4 is 9.47 Å². The molecular weight excluding hydrogens is 545 g/mol. The molecule has 0 heterocycles. The minimum Gasteiger partial charge on any atom is -0.497 e. The van der Waals surface area contributed by atoms with Gasteiger partial charge in [0.15, 0.2) is 16.1 Å². The Bertz CT molecular complexity index is 1220. The molecule has 0 aliphatic rings. The van der Waals surface area contributed by atoms with Crippen LogP contribution in [0.1, 0.15) is 90.2 Å². The molecule has 0 radical (unpaired) electrons. The first-order valence-corrected chi connectivity index (χ1v) is 21.9. The van der Waals surface area contributed by atoms with Crippen LogP contribution in [0.15, 0.2) is 59.7 Å². The molecule has 0 saturated carbocycles. The fraction of sp³-hybridized carbons (Fsp3) is 0.474. The van der Waals surface area contributed by atoms with Crippen molar-refractivity contribution < 1.29 is 9.47 Å². The van der Waals surface area contributed by atoms with Crippen LogP contribution in [0, 0.1) is 22.9 Å². The van der Waals surface area contributed by atoms with E-state index in [-0.39, 0.29) is 0 Å². The quantitative estimate of drug-likeness (QED) is 0.130. The Morgan fingerprint density at radius 1 is 0.548 bits per heavy atom. The Kier molecular flexibility index (Phi) is 14.5. The summed E-state index contributed by atoms with van der Waals surface area (Å²) in [6.07, 6.45) is 8.25. The average Bonchev–Trinajstić information content (AvgIpc) is 2.97. The van der Waals surface area contributed by atoms with Gasteiger partial charge in [0.05, 0.1) is 14.2 Å². The van der Waals surface area contributed by atoms with Gasteiger partial charge in [-0.05, 0) is 82.6 Å². The molecular formula is C38H54O2Si2. The van der Waals surface area contributed by atoms with Gasteiger partial charge in [-0.3, -0.25) is 0 Å². The molecule has 0 fully saturated rings. The Morgan fingerprint density at radius 3 is 1.14 bits per heavy atom. The molecule has 0 atom stereocenters. The summed E-state index contributed by atoms with van der Waals surface area (Å²) in [4.78, 5) is 0. The molecule has 2 aromatic carbocycles. The second kappa shape index (κ2) is 17.3. The lowest BCUT2D eigenvalue weighted by molar-refractivity contribution is 0.414. The van der Waals surface area contributed by atoms with E-state index >= 15 is 0 Å². The number of hydrogen-bond donors (Lipinski definition) is 0. The summed E-state index contributed by atoms with van der Waals surface area (Å²) in [6, 6.07) is 17.4. The minimum atomic E-state index is -2.18. The largest absolute Gasteiger partial charge is 0.497 e. The van der Waals surface area contributed by atoms with Crippen molar-refractivity contribution in [3.63, 3.8) is 0 Å². The Labute approximate surface area is 260 Å². The second-order valence-corrected chi connectivity index (χ2v) is 20.0. The third kappa shape index (κ3) is 9.55. The first kappa shape index (κ1) is 35.3. The maximum atomic E-state index is 5.55. The highest BCUT2D eigenvalue weighted by molar-refractivity contribution is 7.02. The number of ether oxygens (including phenoxy) is 2. The van der Waals surface area contributed by atoms with Crippen molar-refractivity contribution in [2.24, 2.45) is 0 Å². The lowest BCUT2D eigenvalue weighted by atomic mass is 9.92. The fourth-order valence-corrected chi connectivity index (χ4v) is 10.9. The van der Waals surface area contributed by atoms with Gasteiger partial charge in [-0.1, -0.05) is 91.0 Å². The summed E-state index contributed by atoms with van der Waals surface area (Å²) in [5.74, 6) is 8.89. The van der Waals surface area contributed by atoms with E-state index in [1.165, 1.54) is 32.7 Å². The van der Waals surface area contributed by atoms with Gasteiger partial charge in [-0.2, -0.15) is 0 Å². The summed E-state index contributed by atoms with van der Waals surface area (Å²) in [5, 5.41) is 2.94. The zero-order valence-corrected chi connectivity index (χ0v) is 30.1. The molecule has 0 unspecified atom stereocenters. The van der Waals surface area contributed by atoms with Crippen molar-refractivity contribution >= 4 is 26.5 Å². The third-order valence-corrected chi connectivity index (χ3v) is 12.8. The van der Waals surface area contributed by atoms with Crippen LogP contribution in [0.4, 0.5) is 0 Å². The first-order chi connectivity index (χ1) is 20.1. The summed E-state index contributed by atoms with van der Waals surface area (Å²) < 4.78 is 11.1. The number of unbranched alkanes of at least 4 members (excludes halogenated alkanes) is 2. The SMILES string of the molecule is CCCC#C[Si](C)(C)/C(=C(CCC)/C(CCC)=C(\c1ccc(OC)cc1)[Si](C)(C)C#CCCC)c1ccc(OC)cc1. The van der Waals surface area contributed by atoms with Crippen LogP contribution in [0.2, 0.25) is 26.2 Å². The van der Waals surface area contributed by atoms with Gasteiger partial charge in [0.1, 0.15) is 11.5 Å². The Balaban J connectivity index is 3.17. The van der Waals surface area contributed by atoms with Gasteiger partial charge in [-0.15, -0.1) is 22.9 Å². The van der Waals surface area contributed by atoms with E-state index in [9.17, 15) is 0 Å². The number of methoxy groups -OCH3 is 2. The maximum absolute atomic E-state index is 5.55. The molecule has 2 rings (SSSR count). The standard InChI is InChI=1S/C38H54O2Si2/c1-11-15-17-29-41(7,8)37(31-21-25-33(39-5)26-22-31)35(19-13-3)36(20-14-4)38(42(9,10)30-18-16-12-2)32-23-27-34(40-6)28-24-32/h21-28H,11-16,19-20H2,1-10H3/b37-35+,38-36+. The molecule has 0 aromatic heterocycles. The van der Waals surface area contributed by atoms with Gasteiger partial charge < -0.3 is 9.47 Å². The molecule has 0 spiro atoms. The molecule has 4 heteroatoms. The highest BCUT2D eigenvalue weighted by Gasteiger charge is 2.34. The van der Waals surface area contributed by atoms with Gasteiger partial charge in [0.25, 0.3) is 0 Å². The van der Waals surface area contributed by atoms with Crippen LogP contribution in [-0.4, -0.2) is 30.4 Å². The highest BCUT2D eigenvalue weighted by atomic mass is 28.3. The first-order valence-electron chi connectivity index (χ1n) is 15.9. The monoisotopic (exact) mass is 598 g/mol. The van der Waals surface area contributed by atoms with Crippen LogP contribution >= 0.6 is 0 Å². The van der Waals surface area contributed by atoms with Crippen molar-refractivity contribution in [1.82, 2.24) is 0 Å². The fourth-order valence-electron chi connectivity index (χ4n) is 5.64. The van der Waals surface area contributed by atoms with E-state index in [0.717, 1.165) is 62.9 Å². The zero-order valence-electron chi connectivity index (χ0n) is 28.1. The lowest BCUT2D eigenvalue weighted by Crippen LogP contribution is -2.31. The van der Waals surface area contributed by atoms with Gasteiger partial charge in [-0.25, -0.2) is 0 Å².